The van der Waals surface area contributed by atoms with E-state index < -0.39 is 12.6 Å². The van der Waals surface area contributed by atoms with Crippen LogP contribution in [0.25, 0.3) is 0 Å². The second kappa shape index (κ2) is 4.64. The van der Waals surface area contributed by atoms with Crippen molar-refractivity contribution >= 4 is 5.69 Å². The Bertz CT molecular complexity index is 368. The average Bonchev–Trinajstić information content (AvgIpc) is 2.16. The summed E-state index contributed by atoms with van der Waals surface area (Å²) < 4.78 is 35.4. The Labute approximate surface area is 84.5 Å². The average molecular weight is 215 g/mol. The number of hydrogen-bond acceptors (Lipinski definition) is 3. The van der Waals surface area contributed by atoms with Gasteiger partial charge in [-0.05, 0) is 12.1 Å². The van der Waals surface area contributed by atoms with Gasteiger partial charge in [0, 0.05) is 18.4 Å². The molecule has 0 aliphatic rings. The molecule has 1 N–H and O–H groups in total. The summed E-state index contributed by atoms with van der Waals surface area (Å²) in [7, 11) is 0. The van der Waals surface area contributed by atoms with E-state index in [1.54, 1.807) is 6.07 Å². The number of alkyl halides is 3. The van der Waals surface area contributed by atoms with Gasteiger partial charge >= 0.3 is 6.18 Å². The van der Waals surface area contributed by atoms with E-state index in [2.05, 4.69) is 10.3 Å². The van der Waals surface area contributed by atoms with Crippen LogP contribution in [0.1, 0.15) is 12.1 Å². The minimum Gasteiger partial charge on any atom is -0.385 e. The maximum Gasteiger partial charge on any atom is 0.390 e. The topological polar surface area (TPSA) is 48.7 Å². The third-order valence-electron chi connectivity index (χ3n) is 1.61. The van der Waals surface area contributed by atoms with Crippen LogP contribution in [0, 0.1) is 11.3 Å². The molecule has 0 radical (unpaired) electrons. The highest BCUT2D eigenvalue weighted by Gasteiger charge is 2.25. The summed E-state index contributed by atoms with van der Waals surface area (Å²) in [5.74, 6) is 0. The summed E-state index contributed by atoms with van der Waals surface area (Å²) >= 11 is 0. The molecule has 1 aromatic heterocycles. The highest BCUT2D eigenvalue weighted by atomic mass is 19.4. The van der Waals surface area contributed by atoms with E-state index in [0.29, 0.717) is 5.69 Å². The Kier molecular flexibility index (Phi) is 3.50. The molecule has 1 heterocycles. The molecule has 15 heavy (non-hydrogen) atoms. The van der Waals surface area contributed by atoms with Crippen LogP contribution in [0.15, 0.2) is 18.3 Å². The molecule has 0 bridgehead atoms. The van der Waals surface area contributed by atoms with Crippen molar-refractivity contribution in [3.63, 3.8) is 0 Å². The molecule has 0 amide bonds. The number of hydrogen-bond donors (Lipinski definition) is 1. The van der Waals surface area contributed by atoms with Gasteiger partial charge in [-0.3, -0.25) is 0 Å². The van der Waals surface area contributed by atoms with Crippen LogP contribution in [0.3, 0.4) is 0 Å². The number of halogens is 3. The molecule has 1 aromatic rings. The van der Waals surface area contributed by atoms with Crippen molar-refractivity contribution < 1.29 is 13.2 Å². The lowest BCUT2D eigenvalue weighted by atomic mass is 10.3. The van der Waals surface area contributed by atoms with E-state index in [0.717, 1.165) is 0 Å². The van der Waals surface area contributed by atoms with E-state index in [-0.39, 0.29) is 12.2 Å². The molecule has 1 rings (SSSR count). The predicted molar refractivity (Wildman–Crippen MR) is 48.1 cm³/mol. The number of rotatable bonds is 3. The summed E-state index contributed by atoms with van der Waals surface area (Å²) in [6.45, 7) is -0.210. The van der Waals surface area contributed by atoms with Crippen LogP contribution in [0.2, 0.25) is 0 Å². The Balaban J connectivity index is 2.48. The number of nitrogens with zero attached hydrogens (tertiary/aromatic N) is 2. The Hall–Kier alpha value is -1.77. The van der Waals surface area contributed by atoms with Crippen molar-refractivity contribution in [1.29, 1.82) is 5.26 Å². The molecule has 80 valence electrons. The Morgan fingerprint density at radius 2 is 2.20 bits per heavy atom. The third-order valence-corrected chi connectivity index (χ3v) is 1.61. The summed E-state index contributed by atoms with van der Waals surface area (Å²) in [6, 6.07) is 4.71. The van der Waals surface area contributed by atoms with Gasteiger partial charge in [0.2, 0.25) is 0 Å². The summed E-state index contributed by atoms with van der Waals surface area (Å²) in [4.78, 5) is 3.69. The maximum atomic E-state index is 11.8. The molecule has 0 spiro atoms. The van der Waals surface area contributed by atoms with Crippen LogP contribution in [0.5, 0.6) is 0 Å². The number of pyridine rings is 1. The molecule has 0 aliphatic carbocycles. The zero-order valence-corrected chi connectivity index (χ0v) is 7.67. The van der Waals surface area contributed by atoms with Gasteiger partial charge in [-0.15, -0.1) is 0 Å². The molecule has 0 saturated carbocycles. The van der Waals surface area contributed by atoms with Gasteiger partial charge < -0.3 is 5.32 Å². The smallest absolute Gasteiger partial charge is 0.385 e. The Morgan fingerprint density at radius 1 is 1.47 bits per heavy atom. The van der Waals surface area contributed by atoms with Gasteiger partial charge in [-0.1, -0.05) is 0 Å². The van der Waals surface area contributed by atoms with E-state index in [4.69, 9.17) is 5.26 Å². The highest BCUT2D eigenvalue weighted by Crippen LogP contribution is 2.19. The lowest BCUT2D eigenvalue weighted by Gasteiger charge is -2.08. The number of anilines is 1. The SMILES string of the molecule is N#Cc1cc(NCCC(F)(F)F)ccn1. The summed E-state index contributed by atoms with van der Waals surface area (Å²) in [5, 5.41) is 11.1. The lowest BCUT2D eigenvalue weighted by molar-refractivity contribution is -0.131. The van der Waals surface area contributed by atoms with E-state index in [1.807, 2.05) is 0 Å². The molecular formula is C9H8F3N3. The van der Waals surface area contributed by atoms with Gasteiger partial charge in [-0.2, -0.15) is 18.4 Å². The number of aromatic nitrogens is 1. The van der Waals surface area contributed by atoms with Crippen molar-refractivity contribution in [3.8, 4) is 6.07 Å². The minimum absolute atomic E-state index is 0.173. The zero-order valence-electron chi connectivity index (χ0n) is 7.67. The first kappa shape index (κ1) is 11.3. The molecule has 6 heteroatoms. The van der Waals surface area contributed by atoms with Crippen molar-refractivity contribution in [2.45, 2.75) is 12.6 Å². The summed E-state index contributed by atoms with van der Waals surface area (Å²) in [6.07, 6.45) is -3.70. The fourth-order valence-electron chi connectivity index (χ4n) is 0.950. The van der Waals surface area contributed by atoms with Crippen molar-refractivity contribution in [2.75, 3.05) is 11.9 Å². The van der Waals surface area contributed by atoms with Gasteiger partial charge in [0.05, 0.1) is 6.42 Å². The molecule has 0 atom stereocenters. The molecule has 0 unspecified atom stereocenters. The van der Waals surface area contributed by atoms with Crippen LogP contribution >= 0.6 is 0 Å². The molecule has 0 aromatic carbocycles. The fourth-order valence-corrected chi connectivity index (χ4v) is 0.950. The summed E-state index contributed by atoms with van der Waals surface area (Å²) in [5.41, 5.74) is 0.637. The number of nitriles is 1. The standard InChI is InChI=1S/C9H8F3N3/c10-9(11,12)2-4-15-7-1-3-14-8(5-7)6-13/h1,3,5H,2,4H2,(H,14,15). The number of nitrogens with one attached hydrogen (secondary N) is 1. The van der Waals surface area contributed by atoms with Gasteiger partial charge in [-0.25, -0.2) is 4.98 Å². The van der Waals surface area contributed by atoms with Gasteiger partial charge in [0.1, 0.15) is 11.8 Å². The van der Waals surface area contributed by atoms with Crippen LogP contribution in [0.4, 0.5) is 18.9 Å². The van der Waals surface area contributed by atoms with Gasteiger partial charge in [0.25, 0.3) is 0 Å². The predicted octanol–water partition coefficient (Wildman–Crippen LogP) is 2.32. The lowest BCUT2D eigenvalue weighted by Crippen LogP contribution is -2.14. The first-order valence-corrected chi connectivity index (χ1v) is 4.18. The van der Waals surface area contributed by atoms with E-state index in [9.17, 15) is 13.2 Å². The maximum absolute atomic E-state index is 11.8. The van der Waals surface area contributed by atoms with E-state index >= 15 is 0 Å². The van der Waals surface area contributed by atoms with Crippen molar-refractivity contribution in [2.24, 2.45) is 0 Å². The van der Waals surface area contributed by atoms with Crippen molar-refractivity contribution in [3.05, 3.63) is 24.0 Å². The van der Waals surface area contributed by atoms with Crippen molar-refractivity contribution in [1.82, 2.24) is 4.98 Å². The quantitative estimate of drug-likeness (QED) is 0.841. The molecule has 0 saturated heterocycles. The second-order valence-corrected chi connectivity index (χ2v) is 2.83. The van der Waals surface area contributed by atoms with Gasteiger partial charge in [0.15, 0.2) is 0 Å². The first-order chi connectivity index (χ1) is 7.01. The molecular weight excluding hydrogens is 207 g/mol. The monoisotopic (exact) mass is 215 g/mol. The third kappa shape index (κ3) is 4.31. The zero-order chi connectivity index (χ0) is 11.3. The molecule has 0 fully saturated rings. The fraction of sp³-hybridized carbons (Fsp3) is 0.333. The normalized spacial score (nSPS) is 10.8. The van der Waals surface area contributed by atoms with Crippen LogP contribution in [-0.4, -0.2) is 17.7 Å². The molecule has 3 nitrogen and oxygen atoms in total. The largest absolute Gasteiger partial charge is 0.390 e. The second-order valence-electron chi connectivity index (χ2n) is 2.83. The Morgan fingerprint density at radius 3 is 2.80 bits per heavy atom. The minimum atomic E-state index is -4.17. The van der Waals surface area contributed by atoms with Crippen LogP contribution in [-0.2, 0) is 0 Å². The van der Waals surface area contributed by atoms with Crippen LogP contribution < -0.4 is 5.32 Å². The highest BCUT2D eigenvalue weighted by molar-refractivity contribution is 5.45. The van der Waals surface area contributed by atoms with E-state index in [1.165, 1.54) is 18.3 Å². The molecule has 0 aliphatic heterocycles. The first-order valence-electron chi connectivity index (χ1n) is 4.18.